The van der Waals surface area contributed by atoms with Crippen molar-refractivity contribution in [2.45, 2.75) is 19.9 Å². The molecule has 0 unspecified atom stereocenters. The molecule has 41 heavy (non-hydrogen) atoms. The lowest BCUT2D eigenvalue weighted by Crippen LogP contribution is -2.32. The van der Waals surface area contributed by atoms with E-state index in [-0.39, 0.29) is 16.9 Å². The van der Waals surface area contributed by atoms with Crippen LogP contribution >= 0.6 is 0 Å². The Morgan fingerprint density at radius 3 is 2.59 bits per heavy atom. The summed E-state index contributed by atoms with van der Waals surface area (Å²) in [6, 6.07) is 17.9. The molecule has 0 saturated heterocycles. The van der Waals surface area contributed by atoms with Crippen LogP contribution in [-0.2, 0) is 7.05 Å². The van der Waals surface area contributed by atoms with Crippen LogP contribution < -0.4 is 16.6 Å². The third kappa shape index (κ3) is 4.49. The van der Waals surface area contributed by atoms with Crippen molar-refractivity contribution < 1.29 is 4.79 Å². The number of nitrogens with two attached hydrogens (primary N) is 1. The molecule has 202 valence electrons. The van der Waals surface area contributed by atoms with E-state index < -0.39 is 11.9 Å². The Bertz CT molecular complexity index is 2080. The van der Waals surface area contributed by atoms with Crippen LogP contribution in [0, 0.1) is 18.8 Å². The summed E-state index contributed by atoms with van der Waals surface area (Å²) < 4.78 is 4.83. The van der Waals surface area contributed by atoms with E-state index >= 15 is 0 Å². The molecule has 1 atom stereocenters. The number of para-hydroxylation sites is 1. The summed E-state index contributed by atoms with van der Waals surface area (Å²) in [6.45, 7) is 3.77. The van der Waals surface area contributed by atoms with Gasteiger partial charge in [0.15, 0.2) is 11.5 Å². The van der Waals surface area contributed by atoms with Gasteiger partial charge < -0.3 is 11.1 Å². The van der Waals surface area contributed by atoms with E-state index in [1.165, 1.54) is 4.52 Å². The number of fused-ring (bicyclic) bond motifs is 2. The van der Waals surface area contributed by atoms with Gasteiger partial charge >= 0.3 is 0 Å². The van der Waals surface area contributed by atoms with E-state index in [9.17, 15) is 9.59 Å². The molecule has 1 amide bonds. The SMILES string of the molecule is Cc1c(C#Cc2cccc3cc([C@H](C)NC(=O)c4c(N)nn5cccnc45)n(-c4ccccc4)c(=O)c23)cnn1C. The van der Waals surface area contributed by atoms with Crippen molar-refractivity contribution in [2.75, 3.05) is 5.73 Å². The second kappa shape index (κ2) is 10.1. The molecule has 0 bridgehead atoms. The van der Waals surface area contributed by atoms with E-state index in [4.69, 9.17) is 5.73 Å². The van der Waals surface area contributed by atoms with Crippen molar-refractivity contribution in [1.82, 2.24) is 34.3 Å². The maximum atomic E-state index is 14.2. The molecule has 4 heterocycles. The van der Waals surface area contributed by atoms with Crippen LogP contribution in [0.3, 0.4) is 0 Å². The fourth-order valence-electron chi connectivity index (χ4n) is 4.87. The number of pyridine rings is 1. The maximum Gasteiger partial charge on any atom is 0.264 e. The van der Waals surface area contributed by atoms with E-state index in [1.54, 1.807) is 33.9 Å². The Kier molecular flexibility index (Phi) is 6.32. The lowest BCUT2D eigenvalue weighted by atomic mass is 10.0. The monoisotopic (exact) mass is 542 g/mol. The number of anilines is 1. The summed E-state index contributed by atoms with van der Waals surface area (Å²) in [5.74, 6) is 5.97. The molecule has 0 aliphatic carbocycles. The fraction of sp³-hybridized carbons (Fsp3) is 0.129. The molecule has 6 aromatic rings. The molecule has 0 aliphatic heterocycles. The minimum atomic E-state index is -0.578. The molecule has 0 radical (unpaired) electrons. The normalized spacial score (nSPS) is 11.8. The zero-order valence-electron chi connectivity index (χ0n) is 22.7. The van der Waals surface area contributed by atoms with Crippen LogP contribution in [0.15, 0.2) is 84.0 Å². The van der Waals surface area contributed by atoms with Crippen molar-refractivity contribution in [2.24, 2.45) is 7.05 Å². The zero-order chi connectivity index (χ0) is 28.7. The minimum absolute atomic E-state index is 0.0689. The number of aromatic nitrogens is 6. The first-order valence-electron chi connectivity index (χ1n) is 13.0. The van der Waals surface area contributed by atoms with Crippen molar-refractivity contribution >= 4 is 28.1 Å². The third-order valence-electron chi connectivity index (χ3n) is 7.10. The molecule has 4 aromatic heterocycles. The molecular weight excluding hydrogens is 516 g/mol. The Morgan fingerprint density at radius 2 is 1.83 bits per heavy atom. The van der Waals surface area contributed by atoms with Gasteiger partial charge in [-0.2, -0.15) is 5.10 Å². The van der Waals surface area contributed by atoms with Gasteiger partial charge in [-0.15, -0.1) is 5.10 Å². The number of benzene rings is 2. The zero-order valence-corrected chi connectivity index (χ0v) is 22.7. The summed E-state index contributed by atoms with van der Waals surface area (Å²) in [5.41, 5.74) is 9.96. The second-order valence-corrected chi connectivity index (χ2v) is 9.68. The average Bonchev–Trinajstić information content (AvgIpc) is 3.49. The van der Waals surface area contributed by atoms with Gasteiger partial charge in [0, 0.05) is 36.4 Å². The van der Waals surface area contributed by atoms with Gasteiger partial charge in [0.2, 0.25) is 0 Å². The molecule has 0 fully saturated rings. The summed E-state index contributed by atoms with van der Waals surface area (Å²) in [7, 11) is 1.86. The number of aryl methyl sites for hydroxylation is 1. The Morgan fingerprint density at radius 1 is 1.05 bits per heavy atom. The topological polar surface area (TPSA) is 125 Å². The standard InChI is InChI=1S/C31H26N8O2/c1-19(35-30(40)27-28(32)36-38-16-8-15-33-29(27)38)25-17-22-10-7-9-21(13-14-23-18-34-37(3)20(23)2)26(22)31(41)39(25)24-11-5-4-6-12-24/h4-12,15-19H,1-3H3,(H2,32,36)(H,35,40)/t19-/m0/s1. The maximum absolute atomic E-state index is 14.2. The third-order valence-corrected chi connectivity index (χ3v) is 7.10. The first-order chi connectivity index (χ1) is 19.8. The Hall–Kier alpha value is -5.69. The smallest absolute Gasteiger partial charge is 0.264 e. The molecule has 3 N–H and O–H groups in total. The van der Waals surface area contributed by atoms with Crippen LogP contribution in [0.5, 0.6) is 0 Å². The number of carbonyl (C=O) groups is 1. The highest BCUT2D eigenvalue weighted by molar-refractivity contribution is 6.04. The van der Waals surface area contributed by atoms with E-state index in [1.807, 2.05) is 75.5 Å². The number of nitrogen functional groups attached to an aromatic ring is 1. The molecule has 0 saturated carbocycles. The first kappa shape index (κ1) is 25.6. The average molecular weight is 543 g/mol. The van der Waals surface area contributed by atoms with Crippen molar-refractivity contribution in [1.29, 1.82) is 0 Å². The van der Waals surface area contributed by atoms with Gasteiger partial charge in [-0.25, -0.2) is 9.50 Å². The number of nitrogens with one attached hydrogen (secondary N) is 1. The second-order valence-electron chi connectivity index (χ2n) is 9.68. The number of carbonyl (C=O) groups excluding carboxylic acids is 1. The van der Waals surface area contributed by atoms with Crippen LogP contribution in [0.2, 0.25) is 0 Å². The molecule has 0 spiro atoms. The number of rotatable bonds is 4. The minimum Gasteiger partial charge on any atom is -0.381 e. The van der Waals surface area contributed by atoms with Crippen LogP contribution in [-0.4, -0.2) is 34.9 Å². The Balaban J connectivity index is 1.48. The van der Waals surface area contributed by atoms with Crippen molar-refractivity contribution in [3.8, 4) is 17.5 Å². The molecule has 2 aromatic carbocycles. The van der Waals surface area contributed by atoms with E-state index in [0.717, 1.165) is 11.3 Å². The van der Waals surface area contributed by atoms with Crippen LogP contribution in [0.1, 0.15) is 45.8 Å². The van der Waals surface area contributed by atoms with Gasteiger partial charge in [-0.3, -0.25) is 18.8 Å². The predicted molar refractivity (Wildman–Crippen MR) is 157 cm³/mol. The number of hydrogen-bond donors (Lipinski definition) is 2. The highest BCUT2D eigenvalue weighted by Crippen LogP contribution is 2.24. The summed E-state index contributed by atoms with van der Waals surface area (Å²) in [5, 5.41) is 12.6. The van der Waals surface area contributed by atoms with Gasteiger partial charge in [0.1, 0.15) is 5.56 Å². The Labute approximate surface area is 235 Å². The predicted octanol–water partition coefficient (Wildman–Crippen LogP) is 3.55. The largest absolute Gasteiger partial charge is 0.381 e. The van der Waals surface area contributed by atoms with E-state index in [0.29, 0.717) is 33.4 Å². The van der Waals surface area contributed by atoms with Gasteiger partial charge in [0.25, 0.3) is 11.5 Å². The number of amides is 1. The number of hydrogen-bond acceptors (Lipinski definition) is 6. The highest BCUT2D eigenvalue weighted by Gasteiger charge is 2.24. The highest BCUT2D eigenvalue weighted by atomic mass is 16.2. The molecular formula is C31H26N8O2. The van der Waals surface area contributed by atoms with Gasteiger partial charge in [0.05, 0.1) is 28.9 Å². The van der Waals surface area contributed by atoms with Gasteiger partial charge in [-0.1, -0.05) is 42.2 Å². The molecule has 6 rings (SSSR count). The summed E-state index contributed by atoms with van der Waals surface area (Å²) in [6.07, 6.45) is 4.96. The van der Waals surface area contributed by atoms with Crippen LogP contribution in [0.4, 0.5) is 5.82 Å². The summed E-state index contributed by atoms with van der Waals surface area (Å²) >= 11 is 0. The summed E-state index contributed by atoms with van der Waals surface area (Å²) in [4.78, 5) is 31.9. The quantitative estimate of drug-likeness (QED) is 0.328. The van der Waals surface area contributed by atoms with E-state index in [2.05, 4.69) is 32.3 Å². The lowest BCUT2D eigenvalue weighted by Gasteiger charge is -2.21. The number of nitrogens with zero attached hydrogens (tertiary/aromatic N) is 6. The lowest BCUT2D eigenvalue weighted by molar-refractivity contribution is 0.0941. The first-order valence-corrected chi connectivity index (χ1v) is 13.0. The fourth-order valence-corrected chi connectivity index (χ4v) is 4.87. The van der Waals surface area contributed by atoms with Crippen molar-refractivity contribution in [3.05, 3.63) is 118 Å². The molecule has 10 nitrogen and oxygen atoms in total. The van der Waals surface area contributed by atoms with Crippen molar-refractivity contribution in [3.63, 3.8) is 0 Å². The molecule has 0 aliphatic rings. The molecule has 10 heteroatoms. The van der Waals surface area contributed by atoms with Gasteiger partial charge in [-0.05, 0) is 49.6 Å². The van der Waals surface area contributed by atoms with Crippen LogP contribution in [0.25, 0.3) is 22.1 Å².